The molecule has 0 fully saturated rings. The van der Waals surface area contributed by atoms with Gasteiger partial charge in [-0.05, 0) is 6.92 Å². The Morgan fingerprint density at radius 3 is 2.15 bits per heavy atom. The maximum atomic E-state index is 10.6. The zero-order valence-electron chi connectivity index (χ0n) is 7.53. The van der Waals surface area contributed by atoms with Gasteiger partial charge in [-0.1, -0.05) is 36.9 Å². The first-order chi connectivity index (χ1) is 6.22. The van der Waals surface area contributed by atoms with Gasteiger partial charge in [0.1, 0.15) is 0 Å². The molecule has 0 saturated carbocycles. The lowest BCUT2D eigenvalue weighted by Gasteiger charge is -1.89. The van der Waals surface area contributed by atoms with Crippen LogP contribution in [0.2, 0.25) is 0 Å². The number of hydrogen-bond acceptors (Lipinski definition) is 2. The van der Waals surface area contributed by atoms with Crippen LogP contribution in [0.15, 0.2) is 43.0 Å². The number of Topliss-reactive ketones (excluding diaryl/α,β-unsaturated/α-hetero) is 1. The van der Waals surface area contributed by atoms with Gasteiger partial charge in [-0.15, -0.1) is 0 Å². The number of hydrogen-bond donors (Lipinski definition) is 0. The Balaban J connectivity index is 0.000000310. The Morgan fingerprint density at radius 1 is 1.46 bits per heavy atom. The summed E-state index contributed by atoms with van der Waals surface area (Å²) < 4.78 is 0. The van der Waals surface area contributed by atoms with E-state index in [1.54, 1.807) is 13.0 Å². The predicted octanol–water partition coefficient (Wildman–Crippen LogP) is 2.59. The summed E-state index contributed by atoms with van der Waals surface area (Å²) in [6, 6.07) is 10.9. The van der Waals surface area contributed by atoms with Crippen molar-refractivity contribution >= 4 is 5.78 Å². The number of ketones is 1. The van der Waals surface area contributed by atoms with Crippen LogP contribution in [0.4, 0.5) is 0 Å². The molecule has 0 aromatic heterocycles. The van der Waals surface area contributed by atoms with Crippen molar-refractivity contribution in [3.05, 3.63) is 48.6 Å². The fraction of sp³-hybridized carbons (Fsp3) is 0.0909. The van der Waals surface area contributed by atoms with Crippen LogP contribution in [0.3, 0.4) is 0 Å². The van der Waals surface area contributed by atoms with Crippen molar-refractivity contribution in [1.82, 2.24) is 0 Å². The van der Waals surface area contributed by atoms with Gasteiger partial charge in [-0.2, -0.15) is 5.26 Å². The van der Waals surface area contributed by atoms with E-state index in [1.165, 1.54) is 6.08 Å². The lowest BCUT2D eigenvalue weighted by atomic mass is 10.2. The van der Waals surface area contributed by atoms with Crippen molar-refractivity contribution in [2.45, 2.75) is 6.92 Å². The Bertz CT molecular complexity index is 309. The molecule has 0 amide bonds. The van der Waals surface area contributed by atoms with Gasteiger partial charge in [-0.3, -0.25) is 4.79 Å². The van der Waals surface area contributed by atoms with Crippen LogP contribution < -0.4 is 0 Å². The third kappa shape index (κ3) is 5.40. The van der Waals surface area contributed by atoms with Crippen molar-refractivity contribution in [3.8, 4) is 6.07 Å². The van der Waals surface area contributed by atoms with E-state index in [-0.39, 0.29) is 5.78 Å². The Kier molecular flexibility index (Phi) is 5.82. The largest absolute Gasteiger partial charge is 0.295 e. The van der Waals surface area contributed by atoms with Crippen molar-refractivity contribution < 1.29 is 4.79 Å². The molecule has 1 rings (SSSR count). The van der Waals surface area contributed by atoms with Gasteiger partial charge < -0.3 is 0 Å². The van der Waals surface area contributed by atoms with Crippen molar-refractivity contribution in [2.75, 3.05) is 0 Å². The monoisotopic (exact) mass is 173 g/mol. The molecule has 0 N–H and O–H groups in total. The number of carbonyl (C=O) groups excluding carboxylic acids is 1. The summed E-state index contributed by atoms with van der Waals surface area (Å²) in [5.41, 5.74) is 0.775. The summed E-state index contributed by atoms with van der Waals surface area (Å²) in [6.07, 6.45) is 1.18. The molecule has 0 atom stereocenters. The predicted molar refractivity (Wildman–Crippen MR) is 52.3 cm³/mol. The molecular weight excluding hydrogens is 162 g/mol. The van der Waals surface area contributed by atoms with Gasteiger partial charge in [0.05, 0.1) is 6.07 Å². The fourth-order valence-electron chi connectivity index (χ4n) is 0.673. The van der Waals surface area contributed by atoms with Crippen molar-refractivity contribution in [3.63, 3.8) is 0 Å². The topological polar surface area (TPSA) is 40.9 Å². The third-order valence-corrected chi connectivity index (χ3v) is 1.27. The van der Waals surface area contributed by atoms with E-state index in [1.807, 2.05) is 30.3 Å². The van der Waals surface area contributed by atoms with E-state index < -0.39 is 0 Å². The van der Waals surface area contributed by atoms with Crippen LogP contribution in [0, 0.1) is 11.3 Å². The second-order valence-corrected chi connectivity index (χ2v) is 2.26. The molecule has 0 spiro atoms. The lowest BCUT2D eigenvalue weighted by Crippen LogP contribution is -1.88. The number of allylic oxidation sites excluding steroid dienone is 1. The molecule has 13 heavy (non-hydrogen) atoms. The summed E-state index contributed by atoms with van der Waals surface area (Å²) in [4.78, 5) is 10.6. The zero-order chi connectivity index (χ0) is 10.1. The van der Waals surface area contributed by atoms with Gasteiger partial charge in [0.2, 0.25) is 0 Å². The van der Waals surface area contributed by atoms with Crippen molar-refractivity contribution in [1.29, 1.82) is 5.26 Å². The molecule has 1 aromatic rings. The zero-order valence-corrected chi connectivity index (χ0v) is 7.53. The standard InChI is InChI=1S/C8H8O.C3H3N/c1-7(9)8-5-3-2-4-6-8;1-2-3-4/h2-6H,1H3;2H,1H2. The Morgan fingerprint density at radius 2 is 1.92 bits per heavy atom. The Labute approximate surface area is 78.1 Å². The molecule has 0 radical (unpaired) electrons. The molecule has 0 unspecified atom stereocenters. The maximum absolute atomic E-state index is 10.6. The fourth-order valence-corrected chi connectivity index (χ4v) is 0.673. The molecule has 0 aliphatic heterocycles. The second kappa shape index (κ2) is 6.81. The lowest BCUT2D eigenvalue weighted by molar-refractivity contribution is 0.101. The van der Waals surface area contributed by atoms with E-state index in [4.69, 9.17) is 5.26 Å². The molecule has 0 bridgehead atoms. The van der Waals surface area contributed by atoms with Crippen LogP contribution in [0.5, 0.6) is 0 Å². The van der Waals surface area contributed by atoms with E-state index in [9.17, 15) is 4.79 Å². The van der Waals surface area contributed by atoms with Gasteiger partial charge >= 0.3 is 0 Å². The first kappa shape index (κ1) is 11.1. The van der Waals surface area contributed by atoms with Gasteiger partial charge in [0.25, 0.3) is 0 Å². The molecule has 0 aliphatic rings. The van der Waals surface area contributed by atoms with Gasteiger partial charge in [-0.25, -0.2) is 0 Å². The third-order valence-electron chi connectivity index (χ3n) is 1.27. The summed E-state index contributed by atoms with van der Waals surface area (Å²) in [5, 5.41) is 7.51. The van der Waals surface area contributed by atoms with Crippen LogP contribution in [0.1, 0.15) is 17.3 Å². The number of benzene rings is 1. The molecule has 1 aromatic carbocycles. The molecule has 66 valence electrons. The summed E-state index contributed by atoms with van der Waals surface area (Å²) in [7, 11) is 0. The van der Waals surface area contributed by atoms with E-state index >= 15 is 0 Å². The van der Waals surface area contributed by atoms with Crippen LogP contribution in [-0.2, 0) is 0 Å². The first-order valence-corrected chi connectivity index (χ1v) is 3.79. The van der Waals surface area contributed by atoms with E-state index in [0.29, 0.717) is 0 Å². The highest BCUT2D eigenvalue weighted by Crippen LogP contribution is 1.97. The second-order valence-electron chi connectivity index (χ2n) is 2.26. The number of carbonyl (C=O) groups is 1. The summed E-state index contributed by atoms with van der Waals surface area (Å²) in [6.45, 7) is 4.68. The minimum absolute atomic E-state index is 0.121. The average Bonchev–Trinajstić information content (AvgIpc) is 2.19. The number of nitrogens with zero attached hydrogens (tertiary/aromatic N) is 1. The van der Waals surface area contributed by atoms with Crippen LogP contribution in [0.25, 0.3) is 0 Å². The minimum Gasteiger partial charge on any atom is -0.295 e. The van der Waals surface area contributed by atoms with Crippen LogP contribution >= 0.6 is 0 Å². The highest BCUT2D eigenvalue weighted by atomic mass is 16.1. The molecule has 2 heteroatoms. The van der Waals surface area contributed by atoms with Crippen molar-refractivity contribution in [2.24, 2.45) is 0 Å². The maximum Gasteiger partial charge on any atom is 0.159 e. The summed E-state index contributed by atoms with van der Waals surface area (Å²) >= 11 is 0. The van der Waals surface area contributed by atoms with Crippen LogP contribution in [-0.4, -0.2) is 5.78 Å². The average molecular weight is 173 g/mol. The van der Waals surface area contributed by atoms with E-state index in [0.717, 1.165) is 5.56 Å². The number of rotatable bonds is 1. The summed E-state index contributed by atoms with van der Waals surface area (Å²) in [5.74, 6) is 0.121. The molecule has 0 saturated heterocycles. The first-order valence-electron chi connectivity index (χ1n) is 3.79. The van der Waals surface area contributed by atoms with E-state index in [2.05, 4.69) is 6.58 Å². The van der Waals surface area contributed by atoms with Gasteiger partial charge in [0, 0.05) is 11.6 Å². The Hall–Kier alpha value is -1.88. The quantitative estimate of drug-likeness (QED) is 0.483. The molecule has 2 nitrogen and oxygen atoms in total. The van der Waals surface area contributed by atoms with Gasteiger partial charge in [0.15, 0.2) is 5.78 Å². The minimum atomic E-state index is 0.121. The normalized spacial score (nSPS) is 7.38. The molecule has 0 heterocycles. The smallest absolute Gasteiger partial charge is 0.159 e. The highest BCUT2D eigenvalue weighted by Gasteiger charge is 1.92. The SMILES string of the molecule is C=CC#N.CC(=O)c1ccccc1. The molecular formula is C11H11NO. The number of nitriles is 1. The highest BCUT2D eigenvalue weighted by molar-refractivity contribution is 5.93. The molecule has 0 aliphatic carbocycles.